The highest BCUT2D eigenvalue weighted by molar-refractivity contribution is 7.91. The molecule has 0 radical (unpaired) electrons. The number of sulfone groups is 1. The number of hydrogen-bond acceptors (Lipinski definition) is 6. The van der Waals surface area contributed by atoms with Crippen molar-refractivity contribution in [2.45, 2.75) is 31.3 Å². The highest BCUT2D eigenvalue weighted by atomic mass is 32.2. The lowest BCUT2D eigenvalue weighted by Gasteiger charge is -2.41. The van der Waals surface area contributed by atoms with Crippen molar-refractivity contribution in [1.82, 2.24) is 14.9 Å². The van der Waals surface area contributed by atoms with Crippen molar-refractivity contribution >= 4 is 38.2 Å². The molecule has 1 atom stereocenters. The van der Waals surface area contributed by atoms with Crippen LogP contribution in [0, 0.1) is 13.8 Å². The molecule has 5 rings (SSSR count). The van der Waals surface area contributed by atoms with Crippen molar-refractivity contribution in [2.24, 2.45) is 0 Å². The highest BCUT2D eigenvalue weighted by Crippen LogP contribution is 2.42. The van der Waals surface area contributed by atoms with Crippen molar-refractivity contribution in [3.05, 3.63) is 59.3 Å². The third-order valence-corrected chi connectivity index (χ3v) is 8.85. The Hall–Kier alpha value is -3.27. The van der Waals surface area contributed by atoms with Crippen LogP contribution in [0.5, 0.6) is 0 Å². The summed E-state index contributed by atoms with van der Waals surface area (Å²) in [6, 6.07) is 11.0. The molecule has 1 aliphatic rings. The first-order valence-corrected chi connectivity index (χ1v) is 13.6. The van der Waals surface area contributed by atoms with E-state index in [2.05, 4.69) is 16.0 Å². The van der Waals surface area contributed by atoms with Crippen LogP contribution in [0.2, 0.25) is 0 Å². The molecule has 8 nitrogen and oxygen atoms in total. The first kappa shape index (κ1) is 24.4. The number of carbonyl (C=O) groups is 1. The summed E-state index contributed by atoms with van der Waals surface area (Å²) in [5, 5.41) is 12.4. The largest absolute Gasteiger partial charge is 0.393 e. The number of hydrogen-bond donors (Lipinski definition) is 2. The van der Waals surface area contributed by atoms with E-state index in [1.165, 1.54) is 0 Å². The van der Waals surface area contributed by atoms with E-state index in [0.717, 1.165) is 50.5 Å². The minimum absolute atomic E-state index is 0.00417. The molecule has 0 saturated carbocycles. The van der Waals surface area contributed by atoms with Gasteiger partial charge in [-0.15, -0.1) is 0 Å². The van der Waals surface area contributed by atoms with Crippen molar-refractivity contribution in [2.75, 3.05) is 32.1 Å². The number of aromatic nitrogens is 2. The number of H-pyrrole nitrogens is 1. The van der Waals surface area contributed by atoms with Crippen LogP contribution in [0.1, 0.15) is 23.6 Å². The summed E-state index contributed by atoms with van der Waals surface area (Å²) in [6.45, 7) is 6.21. The van der Waals surface area contributed by atoms with Crippen LogP contribution < -0.4 is 0 Å². The molecule has 0 bridgehead atoms. The van der Waals surface area contributed by atoms with E-state index >= 15 is 0 Å². The molecule has 2 aromatic carbocycles. The summed E-state index contributed by atoms with van der Waals surface area (Å²) >= 11 is 0. The van der Waals surface area contributed by atoms with Crippen LogP contribution >= 0.6 is 0 Å². The van der Waals surface area contributed by atoms with E-state index in [9.17, 15) is 18.3 Å². The summed E-state index contributed by atoms with van der Waals surface area (Å²) in [4.78, 5) is 21.5. The Morgan fingerprint density at radius 2 is 2.06 bits per heavy atom. The average Bonchev–Trinajstić information content (AvgIpc) is 3.28. The second-order valence-corrected chi connectivity index (χ2v) is 11.7. The monoisotopic (exact) mass is 507 g/mol. The number of pyridine rings is 1. The van der Waals surface area contributed by atoms with Gasteiger partial charge < -0.3 is 19.7 Å². The van der Waals surface area contributed by atoms with Crippen LogP contribution in [0.4, 0.5) is 0 Å². The molecule has 1 fully saturated rings. The van der Waals surface area contributed by atoms with Gasteiger partial charge in [-0.05, 0) is 65.9 Å². The summed E-state index contributed by atoms with van der Waals surface area (Å²) in [5.74, 6) is 0.00417. The van der Waals surface area contributed by atoms with Gasteiger partial charge in [0.2, 0.25) is 6.41 Å². The first-order valence-electron chi connectivity index (χ1n) is 11.9. The zero-order valence-electron chi connectivity index (χ0n) is 20.5. The lowest BCUT2D eigenvalue weighted by molar-refractivity contribution is -0.151. The highest BCUT2D eigenvalue weighted by Gasteiger charge is 2.40. The fraction of sp³-hybridized carbons (Fsp3) is 0.333. The molecule has 1 amide bonds. The molecule has 1 saturated heterocycles. The minimum atomic E-state index is -3.41. The van der Waals surface area contributed by atoms with Crippen LogP contribution in [0.15, 0.2) is 47.5 Å². The van der Waals surface area contributed by atoms with E-state index in [0.29, 0.717) is 18.8 Å². The predicted octanol–water partition coefficient (Wildman–Crippen LogP) is 3.47. The molecule has 2 aromatic heterocycles. The first-order chi connectivity index (χ1) is 17.2. The van der Waals surface area contributed by atoms with E-state index < -0.39 is 15.4 Å². The molecule has 0 spiro atoms. The van der Waals surface area contributed by atoms with E-state index in [-0.39, 0.29) is 23.8 Å². The number of fused-ring (bicyclic) bond motifs is 3. The molecule has 36 heavy (non-hydrogen) atoms. The van der Waals surface area contributed by atoms with Gasteiger partial charge in [-0.2, -0.15) is 0 Å². The van der Waals surface area contributed by atoms with Crippen LogP contribution in [0.25, 0.3) is 33.1 Å². The standard InChI is InChI=1S/C27H29N3O5S/c1-4-36(33,34)20-7-5-6-19(11-20)21-12-23(27(15-31)14-30(16-32)8-9-35-27)18(3)25-24(21)22-10-17(2)13-28-26(22)29-25/h5-7,10-13,16,31H,4,8-9,14-15H2,1-3H3,(H,28,29). The van der Waals surface area contributed by atoms with Gasteiger partial charge in [0, 0.05) is 23.5 Å². The third kappa shape index (κ3) is 3.87. The number of aliphatic hydroxyl groups is 1. The third-order valence-electron chi connectivity index (χ3n) is 7.12. The number of aromatic amines is 1. The van der Waals surface area contributed by atoms with Gasteiger partial charge in [0.15, 0.2) is 9.84 Å². The van der Waals surface area contributed by atoms with E-state index in [1.807, 2.05) is 26.0 Å². The smallest absolute Gasteiger partial charge is 0.209 e. The maximum absolute atomic E-state index is 12.7. The number of rotatable bonds is 6. The van der Waals surface area contributed by atoms with Gasteiger partial charge in [0.1, 0.15) is 11.2 Å². The van der Waals surface area contributed by atoms with Gasteiger partial charge >= 0.3 is 0 Å². The summed E-state index contributed by atoms with van der Waals surface area (Å²) in [7, 11) is -3.41. The second-order valence-electron chi connectivity index (χ2n) is 9.39. The molecule has 188 valence electrons. The number of ether oxygens (including phenoxy) is 1. The quantitative estimate of drug-likeness (QED) is 0.387. The van der Waals surface area contributed by atoms with Crippen molar-refractivity contribution in [1.29, 1.82) is 0 Å². The van der Waals surface area contributed by atoms with E-state index in [4.69, 9.17) is 4.74 Å². The normalized spacial score (nSPS) is 18.7. The number of carbonyl (C=O) groups excluding carboxylic acids is 1. The fourth-order valence-electron chi connectivity index (χ4n) is 5.16. The number of nitrogens with one attached hydrogen (secondary N) is 1. The summed E-state index contributed by atoms with van der Waals surface area (Å²) in [6.07, 6.45) is 2.57. The Kier molecular flexibility index (Phi) is 6.10. The Balaban J connectivity index is 1.87. The topological polar surface area (TPSA) is 113 Å². The van der Waals surface area contributed by atoms with Gasteiger partial charge in [0.05, 0.1) is 35.9 Å². The molecular weight excluding hydrogens is 478 g/mol. The predicted molar refractivity (Wildman–Crippen MR) is 139 cm³/mol. The second kappa shape index (κ2) is 8.99. The Labute approximate surface area is 209 Å². The number of benzene rings is 2. The minimum Gasteiger partial charge on any atom is -0.393 e. The number of morpholine rings is 1. The van der Waals surface area contributed by atoms with Crippen LogP contribution in [-0.4, -0.2) is 66.9 Å². The summed E-state index contributed by atoms with van der Waals surface area (Å²) in [5.41, 5.74) is 4.59. The Morgan fingerprint density at radius 1 is 1.25 bits per heavy atom. The molecule has 3 heterocycles. The lowest BCUT2D eigenvalue weighted by atomic mass is 9.84. The SMILES string of the molecule is CCS(=O)(=O)c1cccc(-c2cc(C3(CO)CN(C=O)CCO3)c(C)c3[nH]c4ncc(C)cc4c23)c1. The molecular formula is C27H29N3O5S. The maximum atomic E-state index is 12.7. The number of amides is 1. The van der Waals surface area contributed by atoms with Gasteiger partial charge in [-0.1, -0.05) is 19.1 Å². The summed E-state index contributed by atoms with van der Waals surface area (Å²) < 4.78 is 31.5. The zero-order valence-corrected chi connectivity index (χ0v) is 21.4. The fourth-order valence-corrected chi connectivity index (χ4v) is 6.09. The van der Waals surface area contributed by atoms with Gasteiger partial charge in [-0.3, -0.25) is 4.79 Å². The van der Waals surface area contributed by atoms with Crippen LogP contribution in [-0.2, 0) is 25.0 Å². The number of nitrogens with zero attached hydrogens (tertiary/aromatic N) is 2. The molecule has 4 aromatic rings. The number of aryl methyl sites for hydroxylation is 2. The maximum Gasteiger partial charge on any atom is 0.209 e. The molecule has 9 heteroatoms. The lowest BCUT2D eigenvalue weighted by Crippen LogP contribution is -2.51. The van der Waals surface area contributed by atoms with Crippen molar-refractivity contribution in [3.8, 4) is 11.1 Å². The van der Waals surface area contributed by atoms with Crippen molar-refractivity contribution in [3.63, 3.8) is 0 Å². The van der Waals surface area contributed by atoms with Crippen LogP contribution in [0.3, 0.4) is 0 Å². The molecule has 1 aliphatic heterocycles. The Morgan fingerprint density at radius 3 is 2.78 bits per heavy atom. The van der Waals surface area contributed by atoms with E-state index in [1.54, 1.807) is 36.2 Å². The Bertz CT molecular complexity index is 1590. The zero-order chi connectivity index (χ0) is 25.7. The molecule has 2 N–H and O–H groups in total. The van der Waals surface area contributed by atoms with Crippen molar-refractivity contribution < 1.29 is 23.1 Å². The average molecular weight is 508 g/mol. The number of aliphatic hydroxyl groups excluding tert-OH is 1. The van der Waals surface area contributed by atoms with Gasteiger partial charge in [-0.25, -0.2) is 13.4 Å². The molecule has 0 aliphatic carbocycles. The molecule has 1 unspecified atom stereocenters. The van der Waals surface area contributed by atoms with Gasteiger partial charge in [0.25, 0.3) is 0 Å².